The van der Waals surface area contributed by atoms with E-state index in [4.69, 9.17) is 0 Å². The first-order valence-electron chi connectivity index (χ1n) is 8.29. The lowest BCUT2D eigenvalue weighted by Gasteiger charge is -2.39. The van der Waals surface area contributed by atoms with E-state index in [9.17, 15) is 22.8 Å². The summed E-state index contributed by atoms with van der Waals surface area (Å²) in [7, 11) is 1.57. The van der Waals surface area contributed by atoms with Crippen LogP contribution in [0, 0.1) is 16.7 Å². The third kappa shape index (κ3) is 3.78. The molecule has 0 aromatic heterocycles. The molecular weight excluding hydrogens is 349 g/mol. The fraction of sp³-hybridized carbons (Fsp3) is 0.556. The van der Waals surface area contributed by atoms with E-state index in [1.807, 2.05) is 20.8 Å². The molecule has 1 saturated carbocycles. The van der Waals surface area contributed by atoms with E-state index in [2.05, 4.69) is 15.4 Å². The number of carbonyl (C=O) groups is 2. The smallest absolute Gasteiger partial charge is 0.406 e. The molecule has 1 aliphatic carbocycles. The van der Waals surface area contributed by atoms with Gasteiger partial charge in [-0.2, -0.15) is 0 Å². The average molecular weight is 372 g/mol. The lowest BCUT2D eigenvalue weighted by atomic mass is 9.65. The van der Waals surface area contributed by atoms with Crippen molar-refractivity contribution in [2.24, 2.45) is 16.7 Å². The summed E-state index contributed by atoms with van der Waals surface area (Å²) >= 11 is 0. The zero-order chi connectivity index (χ0) is 19.8. The van der Waals surface area contributed by atoms with Gasteiger partial charge in [-0.1, -0.05) is 20.8 Å². The topological polar surface area (TPSA) is 67.4 Å². The van der Waals surface area contributed by atoms with Gasteiger partial charge in [0.1, 0.15) is 5.75 Å². The molecule has 0 aliphatic heterocycles. The van der Waals surface area contributed by atoms with Gasteiger partial charge >= 0.3 is 6.36 Å². The highest BCUT2D eigenvalue weighted by Gasteiger charge is 2.57. The predicted molar refractivity (Wildman–Crippen MR) is 90.4 cm³/mol. The van der Waals surface area contributed by atoms with Crippen molar-refractivity contribution in [2.75, 3.05) is 12.4 Å². The highest BCUT2D eigenvalue weighted by Crippen LogP contribution is 2.56. The third-order valence-corrected chi connectivity index (χ3v) is 5.63. The molecule has 0 heterocycles. The van der Waals surface area contributed by atoms with Crippen molar-refractivity contribution >= 4 is 17.5 Å². The summed E-state index contributed by atoms with van der Waals surface area (Å²) in [6.07, 6.45) is -3.63. The first-order valence-corrected chi connectivity index (χ1v) is 8.29. The van der Waals surface area contributed by atoms with Crippen LogP contribution in [0.3, 0.4) is 0 Å². The molecule has 0 radical (unpaired) electrons. The van der Waals surface area contributed by atoms with Gasteiger partial charge in [-0.3, -0.25) is 9.59 Å². The van der Waals surface area contributed by atoms with Crippen LogP contribution in [0.15, 0.2) is 24.3 Å². The lowest BCUT2D eigenvalue weighted by Crippen LogP contribution is -2.47. The van der Waals surface area contributed by atoms with Crippen LogP contribution in [0.2, 0.25) is 0 Å². The van der Waals surface area contributed by atoms with Crippen molar-refractivity contribution in [1.82, 2.24) is 5.32 Å². The summed E-state index contributed by atoms with van der Waals surface area (Å²) in [6.45, 7) is 5.63. The number of halogens is 3. The maximum Gasteiger partial charge on any atom is 0.573 e. The first kappa shape index (κ1) is 20.1. The number of benzene rings is 1. The number of hydrogen-bond acceptors (Lipinski definition) is 3. The number of hydrogen-bond donors (Lipinski definition) is 2. The largest absolute Gasteiger partial charge is 0.573 e. The Morgan fingerprint density at radius 1 is 1.15 bits per heavy atom. The Balaban J connectivity index is 2.10. The van der Waals surface area contributed by atoms with Crippen LogP contribution in [0.25, 0.3) is 0 Å². The summed E-state index contributed by atoms with van der Waals surface area (Å²) in [4.78, 5) is 25.0. The van der Waals surface area contributed by atoms with Crippen LogP contribution in [0.4, 0.5) is 18.9 Å². The van der Waals surface area contributed by atoms with Gasteiger partial charge < -0.3 is 15.4 Å². The lowest BCUT2D eigenvalue weighted by molar-refractivity contribution is -0.274. The van der Waals surface area contributed by atoms with Crippen LogP contribution in [-0.4, -0.2) is 25.2 Å². The van der Waals surface area contributed by atoms with E-state index in [0.29, 0.717) is 18.5 Å². The van der Waals surface area contributed by atoms with Gasteiger partial charge in [0.15, 0.2) is 0 Å². The van der Waals surface area contributed by atoms with Crippen LogP contribution in [-0.2, 0) is 9.59 Å². The summed E-state index contributed by atoms with van der Waals surface area (Å²) < 4.78 is 40.4. The van der Waals surface area contributed by atoms with E-state index in [1.165, 1.54) is 12.1 Å². The zero-order valence-corrected chi connectivity index (χ0v) is 15.2. The van der Waals surface area contributed by atoms with Crippen LogP contribution in [0.1, 0.15) is 33.6 Å². The predicted octanol–water partition coefficient (Wildman–Crippen LogP) is 3.71. The third-order valence-electron chi connectivity index (χ3n) is 5.63. The molecule has 8 heteroatoms. The van der Waals surface area contributed by atoms with E-state index in [-0.39, 0.29) is 17.6 Å². The number of amides is 2. The van der Waals surface area contributed by atoms with Crippen molar-refractivity contribution in [3.63, 3.8) is 0 Å². The Kier molecular flexibility index (Phi) is 5.26. The quantitative estimate of drug-likeness (QED) is 0.847. The van der Waals surface area contributed by atoms with E-state index in [1.54, 1.807) is 7.05 Å². The Bertz CT molecular complexity index is 686. The molecule has 0 spiro atoms. The molecule has 0 saturated heterocycles. The van der Waals surface area contributed by atoms with Gasteiger partial charge in [-0.15, -0.1) is 13.2 Å². The summed E-state index contributed by atoms with van der Waals surface area (Å²) in [5, 5.41) is 5.38. The second-order valence-electron chi connectivity index (χ2n) is 7.29. The Morgan fingerprint density at radius 2 is 1.73 bits per heavy atom. The van der Waals surface area contributed by atoms with Gasteiger partial charge in [0, 0.05) is 18.7 Å². The molecule has 0 bridgehead atoms. The Labute approximate surface area is 150 Å². The molecule has 2 atom stereocenters. The van der Waals surface area contributed by atoms with Crippen LogP contribution in [0.5, 0.6) is 5.75 Å². The molecule has 2 unspecified atom stereocenters. The maximum absolute atomic E-state index is 12.7. The number of nitrogens with one attached hydrogen (secondary N) is 2. The van der Waals surface area contributed by atoms with Gasteiger partial charge in [0.25, 0.3) is 0 Å². The van der Waals surface area contributed by atoms with Crippen LogP contribution < -0.4 is 15.4 Å². The standard InChI is InChI=1S/C18H23F3N2O3/c1-16(2)13(9-10-17(16,3)15(25)22-4)14(24)23-11-5-7-12(8-6-11)26-18(19,20)21/h5-8,13H,9-10H2,1-4H3,(H,22,25)(H,23,24). The minimum Gasteiger partial charge on any atom is -0.406 e. The summed E-state index contributed by atoms with van der Waals surface area (Å²) in [6, 6.07) is 4.97. The Hall–Kier alpha value is -2.25. The molecule has 2 amide bonds. The fourth-order valence-corrected chi connectivity index (χ4v) is 3.61. The van der Waals surface area contributed by atoms with Crippen molar-refractivity contribution in [3.05, 3.63) is 24.3 Å². The monoisotopic (exact) mass is 372 g/mol. The van der Waals surface area contributed by atoms with Gasteiger partial charge in [0.2, 0.25) is 11.8 Å². The average Bonchev–Trinajstić information content (AvgIpc) is 2.78. The molecule has 1 aromatic rings. The number of carbonyl (C=O) groups excluding carboxylic acids is 2. The molecule has 26 heavy (non-hydrogen) atoms. The molecule has 2 rings (SSSR count). The molecule has 5 nitrogen and oxygen atoms in total. The van der Waals surface area contributed by atoms with Crippen molar-refractivity contribution in [3.8, 4) is 5.75 Å². The maximum atomic E-state index is 12.7. The van der Waals surface area contributed by atoms with Crippen LogP contribution >= 0.6 is 0 Å². The second-order valence-corrected chi connectivity index (χ2v) is 7.29. The van der Waals surface area contributed by atoms with Gasteiger partial charge in [-0.25, -0.2) is 0 Å². The van der Waals surface area contributed by atoms with Crippen molar-refractivity contribution < 1.29 is 27.5 Å². The van der Waals surface area contributed by atoms with Crippen molar-refractivity contribution in [2.45, 2.75) is 40.0 Å². The number of rotatable bonds is 4. The number of anilines is 1. The van der Waals surface area contributed by atoms with Gasteiger partial charge in [-0.05, 0) is 42.5 Å². The zero-order valence-electron chi connectivity index (χ0n) is 15.2. The normalized spacial score (nSPS) is 24.8. The SMILES string of the molecule is CNC(=O)C1(C)CCC(C(=O)Nc2ccc(OC(F)(F)F)cc2)C1(C)C. The molecule has 2 N–H and O–H groups in total. The highest BCUT2D eigenvalue weighted by molar-refractivity contribution is 5.95. The van der Waals surface area contributed by atoms with E-state index < -0.39 is 23.1 Å². The van der Waals surface area contributed by atoms with Crippen molar-refractivity contribution in [1.29, 1.82) is 0 Å². The Morgan fingerprint density at radius 3 is 2.23 bits per heavy atom. The van der Waals surface area contributed by atoms with E-state index >= 15 is 0 Å². The summed E-state index contributed by atoms with van der Waals surface area (Å²) in [5.74, 6) is -1.11. The molecule has 1 aliphatic rings. The van der Waals surface area contributed by atoms with Gasteiger partial charge in [0.05, 0.1) is 5.41 Å². The fourth-order valence-electron chi connectivity index (χ4n) is 3.61. The molecule has 1 aromatic carbocycles. The first-order chi connectivity index (χ1) is 11.9. The highest BCUT2D eigenvalue weighted by atomic mass is 19.4. The molecule has 144 valence electrons. The minimum atomic E-state index is -4.76. The second kappa shape index (κ2) is 6.81. The number of ether oxygens (including phenoxy) is 1. The van der Waals surface area contributed by atoms with E-state index in [0.717, 1.165) is 12.1 Å². The molecular formula is C18H23F3N2O3. The molecule has 1 fully saturated rings. The summed E-state index contributed by atoms with van der Waals surface area (Å²) in [5.41, 5.74) is -0.876. The number of alkyl halides is 3. The minimum absolute atomic E-state index is 0.105.